The van der Waals surface area contributed by atoms with Gasteiger partial charge in [-0.1, -0.05) is 18.2 Å². The Bertz CT molecular complexity index is 731. The number of rotatable bonds is 5. The minimum Gasteiger partial charge on any atom is -0.490 e. The number of piperidine rings is 1. The van der Waals surface area contributed by atoms with Crippen molar-refractivity contribution in [2.45, 2.75) is 37.8 Å². The number of hydrogen-bond donors (Lipinski definition) is 1. The lowest BCUT2D eigenvalue weighted by molar-refractivity contribution is 0.129. The van der Waals surface area contributed by atoms with Gasteiger partial charge in [-0.15, -0.1) is 0 Å². The van der Waals surface area contributed by atoms with Gasteiger partial charge in [-0.05, 0) is 25.0 Å². The molecule has 8 heteroatoms. The van der Waals surface area contributed by atoms with E-state index in [4.69, 9.17) is 4.74 Å². The molecule has 0 aliphatic carbocycles. The number of nitrogens with zero attached hydrogens (tertiary/aromatic N) is 3. The van der Waals surface area contributed by atoms with E-state index in [9.17, 15) is 8.42 Å². The van der Waals surface area contributed by atoms with Crippen molar-refractivity contribution in [3.05, 3.63) is 30.3 Å². The Kier molecular flexibility index (Phi) is 6.59. The predicted octanol–water partition coefficient (Wildman–Crippen LogP) is 1.53. The second kappa shape index (κ2) is 8.93. The highest BCUT2D eigenvalue weighted by molar-refractivity contribution is 7.88. The molecule has 150 valence electrons. The molecule has 3 rings (SSSR count). The van der Waals surface area contributed by atoms with Gasteiger partial charge in [0, 0.05) is 52.1 Å². The third-order valence-corrected chi connectivity index (χ3v) is 6.58. The first-order valence-corrected chi connectivity index (χ1v) is 11.5. The largest absolute Gasteiger partial charge is 0.490 e. The van der Waals surface area contributed by atoms with E-state index in [1.807, 2.05) is 30.3 Å². The Morgan fingerprint density at radius 2 is 1.89 bits per heavy atom. The lowest BCUT2D eigenvalue weighted by Crippen LogP contribution is -2.50. The van der Waals surface area contributed by atoms with E-state index < -0.39 is 10.0 Å². The summed E-state index contributed by atoms with van der Waals surface area (Å²) in [5.41, 5.74) is 0. The third-order valence-electron chi connectivity index (χ3n) is 5.24. The number of ether oxygens (including phenoxy) is 1. The highest BCUT2D eigenvalue weighted by atomic mass is 32.2. The topological polar surface area (TPSA) is 74.2 Å². The summed E-state index contributed by atoms with van der Waals surface area (Å²) >= 11 is 0. The van der Waals surface area contributed by atoms with E-state index in [1.165, 1.54) is 6.26 Å². The molecule has 2 fully saturated rings. The molecule has 7 nitrogen and oxygen atoms in total. The van der Waals surface area contributed by atoms with Crippen molar-refractivity contribution in [2.75, 3.05) is 39.5 Å². The molecule has 0 saturated carbocycles. The van der Waals surface area contributed by atoms with E-state index in [0.717, 1.165) is 50.5 Å². The number of nitrogens with one attached hydrogen (secondary N) is 1. The highest BCUT2D eigenvalue weighted by Crippen LogP contribution is 2.21. The fraction of sp³-hybridized carbons (Fsp3) is 0.632. The molecule has 1 atom stereocenters. The van der Waals surface area contributed by atoms with Crippen LogP contribution in [0.4, 0.5) is 0 Å². The normalized spacial score (nSPS) is 22.8. The Labute approximate surface area is 162 Å². The van der Waals surface area contributed by atoms with Crippen LogP contribution >= 0.6 is 0 Å². The number of likely N-dealkylation sites (tertiary alicyclic amines) is 1. The van der Waals surface area contributed by atoms with Crippen LogP contribution in [0.25, 0.3) is 0 Å². The molecule has 1 aromatic rings. The van der Waals surface area contributed by atoms with E-state index in [1.54, 1.807) is 11.4 Å². The summed E-state index contributed by atoms with van der Waals surface area (Å²) < 4.78 is 31.4. The summed E-state index contributed by atoms with van der Waals surface area (Å²) in [4.78, 5) is 6.62. The van der Waals surface area contributed by atoms with Crippen LogP contribution in [-0.4, -0.2) is 75.2 Å². The van der Waals surface area contributed by atoms with Crippen molar-refractivity contribution >= 4 is 16.0 Å². The molecule has 27 heavy (non-hydrogen) atoms. The molecular weight excluding hydrogens is 364 g/mol. The molecule has 0 radical (unpaired) electrons. The molecule has 2 heterocycles. The third kappa shape index (κ3) is 5.35. The van der Waals surface area contributed by atoms with Crippen LogP contribution < -0.4 is 10.1 Å². The fourth-order valence-corrected chi connectivity index (χ4v) is 5.05. The summed E-state index contributed by atoms with van der Waals surface area (Å²) in [6, 6.07) is 9.94. The zero-order valence-corrected chi connectivity index (χ0v) is 17.0. The van der Waals surface area contributed by atoms with Gasteiger partial charge in [0.15, 0.2) is 5.96 Å². The van der Waals surface area contributed by atoms with Gasteiger partial charge in [0.05, 0.1) is 6.26 Å². The predicted molar refractivity (Wildman–Crippen MR) is 108 cm³/mol. The summed E-state index contributed by atoms with van der Waals surface area (Å²) in [6.45, 7) is 2.96. The highest BCUT2D eigenvalue weighted by Gasteiger charge is 2.32. The van der Waals surface area contributed by atoms with E-state index >= 15 is 0 Å². The summed E-state index contributed by atoms with van der Waals surface area (Å²) in [7, 11) is -1.37. The first kappa shape index (κ1) is 19.9. The molecule has 2 saturated heterocycles. The van der Waals surface area contributed by atoms with Crippen LogP contribution in [-0.2, 0) is 10.0 Å². The summed E-state index contributed by atoms with van der Waals surface area (Å²) in [6.07, 6.45) is 5.20. The minimum absolute atomic E-state index is 0.00991. The zero-order chi connectivity index (χ0) is 19.3. The van der Waals surface area contributed by atoms with Crippen molar-refractivity contribution in [3.8, 4) is 5.75 Å². The Balaban J connectivity index is 1.48. The van der Waals surface area contributed by atoms with Crippen molar-refractivity contribution in [1.29, 1.82) is 0 Å². The van der Waals surface area contributed by atoms with Crippen molar-refractivity contribution in [2.24, 2.45) is 4.99 Å². The van der Waals surface area contributed by atoms with Gasteiger partial charge < -0.3 is 15.0 Å². The molecule has 0 aromatic heterocycles. The molecule has 0 bridgehead atoms. The van der Waals surface area contributed by atoms with Gasteiger partial charge in [0.25, 0.3) is 0 Å². The van der Waals surface area contributed by atoms with E-state index in [0.29, 0.717) is 13.1 Å². The quantitative estimate of drug-likeness (QED) is 0.606. The monoisotopic (exact) mass is 394 g/mol. The molecule has 1 aromatic carbocycles. The fourth-order valence-electron chi connectivity index (χ4n) is 3.87. The van der Waals surface area contributed by atoms with Gasteiger partial charge in [-0.2, -0.15) is 4.31 Å². The Morgan fingerprint density at radius 3 is 2.52 bits per heavy atom. The van der Waals surface area contributed by atoms with Crippen LogP contribution in [0.5, 0.6) is 5.75 Å². The van der Waals surface area contributed by atoms with Gasteiger partial charge in [-0.25, -0.2) is 8.42 Å². The maximum atomic E-state index is 11.9. The summed E-state index contributed by atoms with van der Waals surface area (Å²) in [5.74, 6) is 1.76. The smallest absolute Gasteiger partial charge is 0.211 e. The lowest BCUT2D eigenvalue weighted by Gasteiger charge is -2.35. The number of hydrogen-bond acceptors (Lipinski definition) is 4. The van der Waals surface area contributed by atoms with E-state index in [2.05, 4.69) is 15.2 Å². The van der Waals surface area contributed by atoms with Crippen molar-refractivity contribution in [3.63, 3.8) is 0 Å². The van der Waals surface area contributed by atoms with Gasteiger partial charge in [-0.3, -0.25) is 4.99 Å². The number of guanidine groups is 1. The lowest BCUT2D eigenvalue weighted by atomic mass is 10.1. The molecular formula is C19H30N4O3S. The molecule has 1 N–H and O–H groups in total. The maximum Gasteiger partial charge on any atom is 0.211 e. The first-order valence-electron chi connectivity index (χ1n) is 9.61. The van der Waals surface area contributed by atoms with Gasteiger partial charge >= 0.3 is 0 Å². The van der Waals surface area contributed by atoms with Crippen LogP contribution in [0.3, 0.4) is 0 Å². The van der Waals surface area contributed by atoms with Crippen LogP contribution in [0.2, 0.25) is 0 Å². The first-order chi connectivity index (χ1) is 13.0. The summed E-state index contributed by atoms with van der Waals surface area (Å²) in [5, 5.41) is 3.38. The average molecular weight is 395 g/mol. The average Bonchev–Trinajstić information content (AvgIpc) is 3.13. The van der Waals surface area contributed by atoms with Crippen molar-refractivity contribution in [1.82, 2.24) is 14.5 Å². The van der Waals surface area contributed by atoms with E-state index in [-0.39, 0.29) is 12.1 Å². The number of aliphatic imine (C=N–C) groups is 1. The van der Waals surface area contributed by atoms with Crippen LogP contribution in [0.15, 0.2) is 35.3 Å². The zero-order valence-electron chi connectivity index (χ0n) is 16.2. The minimum atomic E-state index is -3.14. The molecule has 2 aliphatic rings. The molecule has 2 aliphatic heterocycles. The Morgan fingerprint density at radius 1 is 1.19 bits per heavy atom. The van der Waals surface area contributed by atoms with Crippen LogP contribution in [0, 0.1) is 0 Å². The van der Waals surface area contributed by atoms with Crippen molar-refractivity contribution < 1.29 is 13.2 Å². The number of sulfonamides is 1. The van der Waals surface area contributed by atoms with Gasteiger partial charge in [0.1, 0.15) is 11.9 Å². The molecule has 0 amide bonds. The van der Waals surface area contributed by atoms with Gasteiger partial charge in [0.2, 0.25) is 10.0 Å². The standard InChI is InChI=1S/C19H30N4O3S/c1-20-19(21-15-16-7-6-12-23(16)27(2,24)25)22-13-10-18(11-14-22)26-17-8-4-3-5-9-17/h3-5,8-9,16,18H,6-7,10-15H2,1-2H3,(H,20,21)/t16-/m1/s1. The SMILES string of the molecule is CN=C(NC[C@H]1CCCN1S(C)(=O)=O)N1CCC(Oc2ccccc2)CC1. The maximum absolute atomic E-state index is 11.9. The number of benzene rings is 1. The second-order valence-electron chi connectivity index (χ2n) is 7.22. The molecule has 0 unspecified atom stereocenters. The number of para-hydroxylation sites is 1. The Hall–Kier alpha value is -1.80. The second-order valence-corrected chi connectivity index (χ2v) is 9.15. The molecule has 0 spiro atoms. The van der Waals surface area contributed by atoms with Crippen LogP contribution in [0.1, 0.15) is 25.7 Å².